The van der Waals surface area contributed by atoms with Crippen molar-refractivity contribution in [3.63, 3.8) is 0 Å². The van der Waals surface area contributed by atoms with Gasteiger partial charge in [-0.3, -0.25) is 9.59 Å². The molecule has 24 heavy (non-hydrogen) atoms. The highest BCUT2D eigenvalue weighted by Crippen LogP contribution is 2.18. The molecule has 0 aliphatic carbocycles. The average Bonchev–Trinajstić information content (AvgIpc) is 2.96. The number of nitrogens with one attached hydrogen (secondary N) is 1. The van der Waals surface area contributed by atoms with Crippen LogP contribution in [0.3, 0.4) is 0 Å². The third kappa shape index (κ3) is 5.99. The summed E-state index contributed by atoms with van der Waals surface area (Å²) in [6.45, 7) is 0.501. The topological polar surface area (TPSA) is 168 Å². The fourth-order valence-electron chi connectivity index (χ4n) is 2.09. The SMILES string of the molecule is NC(Cc1c[nH]c2ccccc12)C(=O)O.NCCCC(N)C(=O)O. The summed E-state index contributed by atoms with van der Waals surface area (Å²) in [5.74, 6) is -1.93. The highest BCUT2D eigenvalue weighted by molar-refractivity contribution is 5.84. The highest BCUT2D eigenvalue weighted by atomic mass is 16.4. The Morgan fingerprint density at radius 3 is 2.29 bits per heavy atom. The van der Waals surface area contributed by atoms with Crippen molar-refractivity contribution in [1.29, 1.82) is 0 Å². The predicted molar refractivity (Wildman–Crippen MR) is 91.5 cm³/mol. The molecule has 0 radical (unpaired) electrons. The molecule has 1 aromatic carbocycles. The fraction of sp³-hybridized carbons (Fsp3) is 0.375. The van der Waals surface area contributed by atoms with Gasteiger partial charge in [0.15, 0.2) is 0 Å². The lowest BCUT2D eigenvalue weighted by molar-refractivity contribution is -0.139. The summed E-state index contributed by atoms with van der Waals surface area (Å²) < 4.78 is 0. The summed E-state index contributed by atoms with van der Waals surface area (Å²) in [6, 6.07) is 6.17. The van der Waals surface area contributed by atoms with Crippen LogP contribution >= 0.6 is 0 Å². The Morgan fingerprint density at radius 2 is 1.71 bits per heavy atom. The second-order valence-electron chi connectivity index (χ2n) is 5.38. The Kier molecular flexibility index (Phi) is 7.90. The van der Waals surface area contributed by atoms with Crippen molar-refractivity contribution in [2.24, 2.45) is 17.2 Å². The largest absolute Gasteiger partial charge is 0.480 e. The quantitative estimate of drug-likeness (QED) is 0.421. The zero-order valence-corrected chi connectivity index (χ0v) is 13.3. The molecule has 2 unspecified atom stereocenters. The van der Waals surface area contributed by atoms with E-state index in [-0.39, 0.29) is 0 Å². The first-order valence-corrected chi connectivity index (χ1v) is 7.58. The van der Waals surface area contributed by atoms with Crippen LogP contribution in [0.2, 0.25) is 0 Å². The van der Waals surface area contributed by atoms with E-state index in [1.54, 1.807) is 0 Å². The first-order valence-electron chi connectivity index (χ1n) is 7.58. The summed E-state index contributed by atoms with van der Waals surface area (Å²) in [5, 5.41) is 18.0. The number of para-hydroxylation sites is 1. The summed E-state index contributed by atoms with van der Waals surface area (Å²) in [6.07, 6.45) is 3.30. The molecule has 1 aromatic heterocycles. The molecule has 0 fully saturated rings. The Labute approximate surface area is 139 Å². The molecular weight excluding hydrogens is 312 g/mol. The number of H-pyrrole nitrogens is 1. The number of carboxylic acids is 2. The molecule has 2 rings (SSSR count). The maximum atomic E-state index is 10.6. The molecule has 0 aliphatic rings. The number of rotatable bonds is 7. The van der Waals surface area contributed by atoms with E-state index in [1.807, 2.05) is 30.5 Å². The fourth-order valence-corrected chi connectivity index (χ4v) is 2.09. The van der Waals surface area contributed by atoms with E-state index >= 15 is 0 Å². The van der Waals surface area contributed by atoms with Crippen molar-refractivity contribution in [2.45, 2.75) is 31.3 Å². The van der Waals surface area contributed by atoms with Gasteiger partial charge < -0.3 is 32.4 Å². The third-order valence-electron chi connectivity index (χ3n) is 3.47. The van der Waals surface area contributed by atoms with Gasteiger partial charge in [-0.1, -0.05) is 18.2 Å². The van der Waals surface area contributed by atoms with Gasteiger partial charge in [0.2, 0.25) is 0 Å². The molecule has 0 bridgehead atoms. The lowest BCUT2D eigenvalue weighted by atomic mass is 10.1. The molecule has 8 heteroatoms. The maximum Gasteiger partial charge on any atom is 0.320 e. The minimum Gasteiger partial charge on any atom is -0.480 e. The van der Waals surface area contributed by atoms with E-state index < -0.39 is 24.0 Å². The van der Waals surface area contributed by atoms with Crippen molar-refractivity contribution < 1.29 is 19.8 Å². The zero-order chi connectivity index (χ0) is 18.1. The lowest BCUT2D eigenvalue weighted by Crippen LogP contribution is -2.32. The van der Waals surface area contributed by atoms with Crippen LogP contribution in [0.15, 0.2) is 30.5 Å². The van der Waals surface area contributed by atoms with Crippen LogP contribution in [0.1, 0.15) is 18.4 Å². The normalized spacial score (nSPS) is 13.0. The van der Waals surface area contributed by atoms with E-state index in [4.69, 9.17) is 27.4 Å². The monoisotopic (exact) mass is 336 g/mol. The van der Waals surface area contributed by atoms with Crippen LogP contribution in [-0.2, 0) is 16.0 Å². The van der Waals surface area contributed by atoms with E-state index in [2.05, 4.69) is 4.98 Å². The minimum absolute atomic E-state index is 0.347. The molecule has 132 valence electrons. The molecule has 0 saturated carbocycles. The van der Waals surface area contributed by atoms with Gasteiger partial charge in [-0.25, -0.2) is 0 Å². The second kappa shape index (κ2) is 9.66. The molecule has 2 atom stereocenters. The number of hydrogen-bond donors (Lipinski definition) is 6. The van der Waals surface area contributed by atoms with E-state index in [1.165, 1.54) is 0 Å². The van der Waals surface area contributed by atoms with E-state index in [9.17, 15) is 9.59 Å². The van der Waals surface area contributed by atoms with Crippen molar-refractivity contribution in [2.75, 3.05) is 6.54 Å². The molecule has 2 aromatic rings. The standard InChI is InChI=1S/C11H12N2O2.C5H12N2O2/c12-9(11(14)15)5-7-6-13-10-4-2-1-3-8(7)10;6-3-1-2-4(7)5(8)9/h1-4,6,9,13H,5,12H2,(H,14,15);4H,1-3,6-7H2,(H,8,9). The first-order chi connectivity index (χ1) is 11.4. The minimum atomic E-state index is -0.972. The number of carbonyl (C=O) groups is 2. The van der Waals surface area contributed by atoms with Gasteiger partial charge in [0.05, 0.1) is 0 Å². The number of nitrogens with two attached hydrogens (primary N) is 3. The van der Waals surface area contributed by atoms with Crippen molar-refractivity contribution in [3.05, 3.63) is 36.0 Å². The number of aromatic nitrogens is 1. The van der Waals surface area contributed by atoms with Crippen LogP contribution in [0.25, 0.3) is 10.9 Å². The summed E-state index contributed by atoms with van der Waals surface area (Å²) >= 11 is 0. The number of fused-ring (bicyclic) bond motifs is 1. The van der Waals surface area contributed by atoms with Gasteiger partial charge in [0, 0.05) is 23.5 Å². The number of hydrogen-bond acceptors (Lipinski definition) is 5. The molecule has 0 amide bonds. The van der Waals surface area contributed by atoms with Gasteiger partial charge in [-0.05, 0) is 31.0 Å². The zero-order valence-electron chi connectivity index (χ0n) is 13.3. The smallest absolute Gasteiger partial charge is 0.320 e. The number of aromatic amines is 1. The number of aliphatic carboxylic acids is 2. The molecule has 0 aliphatic heterocycles. The average molecular weight is 336 g/mol. The van der Waals surface area contributed by atoms with Crippen molar-refractivity contribution in [1.82, 2.24) is 4.98 Å². The number of benzene rings is 1. The van der Waals surface area contributed by atoms with Gasteiger partial charge in [-0.2, -0.15) is 0 Å². The lowest BCUT2D eigenvalue weighted by Gasteiger charge is -2.04. The molecule has 1 heterocycles. The predicted octanol–water partition coefficient (Wildman–Crippen LogP) is 0.260. The van der Waals surface area contributed by atoms with Crippen LogP contribution in [0.5, 0.6) is 0 Å². The molecular formula is C16H24N4O4. The van der Waals surface area contributed by atoms with Crippen molar-refractivity contribution in [3.8, 4) is 0 Å². The molecule has 0 spiro atoms. The third-order valence-corrected chi connectivity index (χ3v) is 3.47. The highest BCUT2D eigenvalue weighted by Gasteiger charge is 2.14. The summed E-state index contributed by atoms with van der Waals surface area (Å²) in [4.78, 5) is 23.7. The summed E-state index contributed by atoms with van der Waals surface area (Å²) in [5.41, 5.74) is 17.7. The Bertz CT molecular complexity index is 671. The van der Waals surface area contributed by atoms with Crippen LogP contribution in [-0.4, -0.2) is 45.8 Å². The Morgan fingerprint density at radius 1 is 1.08 bits per heavy atom. The molecule has 9 N–H and O–H groups in total. The summed E-state index contributed by atoms with van der Waals surface area (Å²) in [7, 11) is 0. The Hall–Kier alpha value is -2.42. The van der Waals surface area contributed by atoms with Gasteiger partial charge >= 0.3 is 11.9 Å². The molecule has 8 nitrogen and oxygen atoms in total. The number of carboxylic acid groups (broad SMARTS) is 2. The van der Waals surface area contributed by atoms with Gasteiger partial charge in [-0.15, -0.1) is 0 Å². The Balaban J connectivity index is 0.000000277. The second-order valence-corrected chi connectivity index (χ2v) is 5.38. The van der Waals surface area contributed by atoms with E-state index in [0.29, 0.717) is 25.8 Å². The van der Waals surface area contributed by atoms with Crippen LogP contribution in [0, 0.1) is 0 Å². The maximum absolute atomic E-state index is 10.6. The van der Waals surface area contributed by atoms with E-state index in [0.717, 1.165) is 16.5 Å². The molecule has 0 saturated heterocycles. The first kappa shape index (κ1) is 19.6. The van der Waals surface area contributed by atoms with Crippen LogP contribution < -0.4 is 17.2 Å². The van der Waals surface area contributed by atoms with Crippen LogP contribution in [0.4, 0.5) is 0 Å². The van der Waals surface area contributed by atoms with Gasteiger partial charge in [0.1, 0.15) is 12.1 Å². The van der Waals surface area contributed by atoms with Crippen molar-refractivity contribution >= 4 is 22.8 Å². The van der Waals surface area contributed by atoms with Gasteiger partial charge in [0.25, 0.3) is 0 Å².